The summed E-state index contributed by atoms with van der Waals surface area (Å²) in [5.74, 6) is -5.67. The van der Waals surface area contributed by atoms with Gasteiger partial charge in [-0.25, -0.2) is 0 Å². The Hall–Kier alpha value is -3.78. The number of primary amides is 2. The fraction of sp³-hybridized carbons (Fsp3) is 0.724. The summed E-state index contributed by atoms with van der Waals surface area (Å²) in [7, 11) is 2.25. The molecule has 18 nitrogen and oxygen atoms in total. The number of nitrogens with two attached hydrogens (primary N) is 5. The Kier molecular flexibility index (Phi) is 19.4. The summed E-state index contributed by atoms with van der Waals surface area (Å²) in [6.07, 6.45) is 1.17. The lowest BCUT2D eigenvalue weighted by Crippen LogP contribution is -2.61. The molecule has 0 saturated carbocycles. The topological polar surface area (TPSA) is 322 Å². The third-order valence-corrected chi connectivity index (χ3v) is 10.5. The van der Waals surface area contributed by atoms with Crippen LogP contribution in [0.4, 0.5) is 0 Å². The maximum atomic E-state index is 13.7. The summed E-state index contributed by atoms with van der Waals surface area (Å²) in [4.78, 5) is 94.6. The van der Waals surface area contributed by atoms with Crippen molar-refractivity contribution in [3.8, 4) is 0 Å². The van der Waals surface area contributed by atoms with Gasteiger partial charge in [0.1, 0.15) is 30.2 Å². The maximum Gasteiger partial charge on any atom is 0.244 e. The number of amides is 7. The Labute approximate surface area is 294 Å². The van der Waals surface area contributed by atoms with Gasteiger partial charge in [0.2, 0.25) is 41.4 Å². The normalized spacial score (nSPS) is 23.2. The lowest BCUT2D eigenvalue weighted by molar-refractivity contribution is -0.135. The summed E-state index contributed by atoms with van der Waals surface area (Å²) in [5.41, 5.74) is 27.5. The Morgan fingerprint density at radius 3 is 2.14 bits per heavy atom. The van der Waals surface area contributed by atoms with E-state index in [-0.39, 0.29) is 55.6 Å². The molecule has 49 heavy (non-hydrogen) atoms. The van der Waals surface area contributed by atoms with Crippen molar-refractivity contribution in [3.05, 3.63) is 0 Å². The van der Waals surface area contributed by atoms with Crippen molar-refractivity contribution < 1.29 is 33.6 Å². The number of hydrogen-bond donors (Lipinski definition) is 10. The first-order chi connectivity index (χ1) is 23.0. The van der Waals surface area contributed by atoms with E-state index in [1.165, 1.54) is 0 Å². The molecule has 0 bridgehead atoms. The largest absolute Gasteiger partial charge is 0.370 e. The highest BCUT2D eigenvalue weighted by atomic mass is 33.1. The summed E-state index contributed by atoms with van der Waals surface area (Å²) >= 11 is 0. The first-order valence-electron chi connectivity index (χ1n) is 16.2. The molecule has 20 heteroatoms. The summed E-state index contributed by atoms with van der Waals surface area (Å²) in [6, 6.07) is -6.78. The predicted octanol–water partition coefficient (Wildman–Crippen LogP) is -2.97. The summed E-state index contributed by atoms with van der Waals surface area (Å²) < 4.78 is 0. The molecule has 1 aliphatic heterocycles. The zero-order valence-electron chi connectivity index (χ0n) is 28.5. The Balaban J connectivity index is 3.48. The van der Waals surface area contributed by atoms with E-state index in [2.05, 4.69) is 31.6 Å². The number of aliphatic imine (C=N–C) groups is 1. The van der Waals surface area contributed by atoms with Gasteiger partial charge in [-0.15, -0.1) is 0 Å². The standard InChI is InChI=1S/C29H53N11O7S2/c1-5-14(3)21(23(32)42)39-27(46)19-13-49-48-12-18(37-24(43)16(30)9-10-20(31)41)26(45)36-17(8-7-11-35-29(33)34)25(44)40-22(15(4)6-2)28(47)38-19/h14-19,21-22H,5-13,30H2,1-4H3,(H2,31,41)(H2,32,42)(H,36,45)(H,37,43)(H,38,47)(H,39,46)(H,40,44)(H4,33,34,35)/t14-,15-,16-,17-,18-,19-,21-,22-/m0/s1. The zero-order chi connectivity index (χ0) is 37.3. The summed E-state index contributed by atoms with van der Waals surface area (Å²) in [6.45, 7) is 7.32. The van der Waals surface area contributed by atoms with E-state index >= 15 is 0 Å². The van der Waals surface area contributed by atoms with Gasteiger partial charge in [0.25, 0.3) is 0 Å². The first-order valence-corrected chi connectivity index (χ1v) is 18.7. The van der Waals surface area contributed by atoms with Gasteiger partial charge in [-0.3, -0.25) is 38.6 Å². The van der Waals surface area contributed by atoms with E-state index in [0.717, 1.165) is 21.6 Å². The number of carbonyl (C=O) groups is 7. The Bertz CT molecular complexity index is 1210. The van der Waals surface area contributed by atoms with Crippen molar-refractivity contribution in [2.45, 2.75) is 102 Å². The van der Waals surface area contributed by atoms with Crippen LogP contribution in [0.15, 0.2) is 4.99 Å². The lowest BCUT2D eigenvalue weighted by Gasteiger charge is -2.30. The molecule has 15 N–H and O–H groups in total. The maximum absolute atomic E-state index is 13.7. The van der Waals surface area contributed by atoms with E-state index in [1.807, 2.05) is 13.8 Å². The predicted molar refractivity (Wildman–Crippen MR) is 189 cm³/mol. The van der Waals surface area contributed by atoms with Crippen molar-refractivity contribution >= 4 is 68.9 Å². The van der Waals surface area contributed by atoms with Crippen molar-refractivity contribution in [2.75, 3.05) is 18.1 Å². The van der Waals surface area contributed by atoms with Crippen LogP contribution in [0.5, 0.6) is 0 Å². The second-order valence-electron chi connectivity index (χ2n) is 12.0. The number of guanidine groups is 1. The highest BCUT2D eigenvalue weighted by Gasteiger charge is 2.35. The van der Waals surface area contributed by atoms with Crippen LogP contribution in [0.2, 0.25) is 0 Å². The van der Waals surface area contributed by atoms with Crippen LogP contribution in [-0.4, -0.2) is 102 Å². The number of hydrogen-bond acceptors (Lipinski definition) is 11. The van der Waals surface area contributed by atoms with Gasteiger partial charge < -0.3 is 55.3 Å². The molecular formula is C29H53N11O7S2. The van der Waals surface area contributed by atoms with Crippen LogP contribution in [0.3, 0.4) is 0 Å². The second-order valence-corrected chi connectivity index (χ2v) is 14.5. The highest BCUT2D eigenvalue weighted by molar-refractivity contribution is 8.76. The fourth-order valence-electron chi connectivity index (χ4n) is 4.55. The van der Waals surface area contributed by atoms with Crippen molar-refractivity contribution in [1.29, 1.82) is 0 Å². The minimum Gasteiger partial charge on any atom is -0.370 e. The van der Waals surface area contributed by atoms with Crippen LogP contribution in [-0.2, 0) is 33.6 Å². The Morgan fingerprint density at radius 2 is 1.57 bits per heavy atom. The molecule has 0 aromatic carbocycles. The fourth-order valence-corrected chi connectivity index (χ4v) is 6.88. The smallest absolute Gasteiger partial charge is 0.244 e. The van der Waals surface area contributed by atoms with E-state index in [4.69, 9.17) is 28.7 Å². The average molecular weight is 732 g/mol. The third kappa shape index (κ3) is 15.5. The van der Waals surface area contributed by atoms with Crippen molar-refractivity contribution in [1.82, 2.24) is 26.6 Å². The molecule has 7 amide bonds. The second kappa shape index (κ2) is 22.0. The van der Waals surface area contributed by atoms with Crippen LogP contribution in [0.1, 0.15) is 66.2 Å². The van der Waals surface area contributed by atoms with E-state index < -0.39 is 83.5 Å². The van der Waals surface area contributed by atoms with Crippen LogP contribution in [0.25, 0.3) is 0 Å². The highest BCUT2D eigenvalue weighted by Crippen LogP contribution is 2.24. The summed E-state index contributed by atoms with van der Waals surface area (Å²) in [5, 5.41) is 13.3. The molecule has 0 aromatic heterocycles. The molecule has 0 spiro atoms. The van der Waals surface area contributed by atoms with Gasteiger partial charge in [-0.05, 0) is 31.1 Å². The van der Waals surface area contributed by atoms with E-state index in [1.54, 1.807) is 13.8 Å². The molecule has 1 heterocycles. The monoisotopic (exact) mass is 731 g/mol. The lowest BCUT2D eigenvalue weighted by atomic mass is 9.96. The van der Waals surface area contributed by atoms with Gasteiger partial charge in [-0.2, -0.15) is 0 Å². The van der Waals surface area contributed by atoms with Gasteiger partial charge in [0.15, 0.2) is 5.96 Å². The van der Waals surface area contributed by atoms with Crippen LogP contribution >= 0.6 is 21.6 Å². The quantitative estimate of drug-likeness (QED) is 0.0329. The van der Waals surface area contributed by atoms with Crippen LogP contribution < -0.4 is 55.3 Å². The molecule has 8 atom stereocenters. The van der Waals surface area contributed by atoms with Gasteiger partial charge in [-0.1, -0.05) is 62.1 Å². The van der Waals surface area contributed by atoms with Gasteiger partial charge in [0.05, 0.1) is 6.04 Å². The van der Waals surface area contributed by atoms with Gasteiger partial charge in [0, 0.05) is 24.5 Å². The number of nitrogens with zero attached hydrogens (tertiary/aromatic N) is 1. The molecule has 0 unspecified atom stereocenters. The minimum atomic E-state index is -1.20. The molecule has 0 radical (unpaired) electrons. The third-order valence-electron chi connectivity index (χ3n) is 8.05. The number of nitrogens with one attached hydrogen (secondary N) is 5. The zero-order valence-corrected chi connectivity index (χ0v) is 30.1. The first kappa shape index (κ1) is 43.2. The van der Waals surface area contributed by atoms with Gasteiger partial charge >= 0.3 is 0 Å². The van der Waals surface area contributed by atoms with E-state index in [9.17, 15) is 33.6 Å². The molecule has 1 fully saturated rings. The van der Waals surface area contributed by atoms with Crippen molar-refractivity contribution in [3.63, 3.8) is 0 Å². The molecular weight excluding hydrogens is 679 g/mol. The molecule has 1 aliphatic rings. The molecule has 278 valence electrons. The molecule has 0 aromatic rings. The number of carbonyl (C=O) groups excluding carboxylic acids is 7. The van der Waals surface area contributed by atoms with Crippen molar-refractivity contribution in [2.24, 2.45) is 45.5 Å². The molecule has 1 rings (SSSR count). The molecule has 0 aliphatic carbocycles. The number of rotatable bonds is 16. The van der Waals surface area contributed by atoms with E-state index in [0.29, 0.717) is 12.8 Å². The Morgan fingerprint density at radius 1 is 0.918 bits per heavy atom. The molecule has 1 saturated heterocycles. The minimum absolute atomic E-state index is 0.0107. The SMILES string of the molecule is CC[C@H](C)[C@H](NC(=O)[C@@H]1CSSC[C@H](NC(=O)[C@@H](N)CCC(N)=O)C(=O)N[C@@H](CCCN=C(N)N)C(=O)N[C@@H]([C@@H](C)CC)C(=O)N1)C(N)=O. The average Bonchev–Trinajstić information content (AvgIpc) is 3.04. The van der Waals surface area contributed by atoms with Crippen LogP contribution in [0, 0.1) is 11.8 Å².